The third-order valence-electron chi connectivity index (χ3n) is 4.84. The van der Waals surface area contributed by atoms with Gasteiger partial charge in [-0.1, -0.05) is 23.7 Å². The molecule has 1 unspecified atom stereocenters. The fraction of sp³-hybridized carbons (Fsp3) is 0.318. The lowest BCUT2D eigenvalue weighted by atomic mass is 9.82. The number of carbonyl (C=O) groups excluding carboxylic acids is 2. The van der Waals surface area contributed by atoms with Crippen molar-refractivity contribution in [3.05, 3.63) is 59.1 Å². The number of benzene rings is 2. The molecule has 3 rings (SSSR count). The summed E-state index contributed by atoms with van der Waals surface area (Å²) in [6, 6.07) is 10.7. The van der Waals surface area contributed by atoms with Crippen molar-refractivity contribution in [1.29, 1.82) is 0 Å². The second kappa shape index (κ2) is 10.6. The van der Waals surface area contributed by atoms with Gasteiger partial charge in [-0.3, -0.25) is 4.79 Å². The minimum Gasteiger partial charge on any atom is -0.465 e. The molecule has 2 aromatic rings. The predicted molar refractivity (Wildman–Crippen MR) is 124 cm³/mol. The van der Waals surface area contributed by atoms with Crippen molar-refractivity contribution >= 4 is 46.8 Å². The number of nitrogens with zero attached hydrogens (tertiary/aromatic N) is 2. The Labute approximate surface area is 203 Å². The number of amides is 2. The number of esters is 1. The van der Waals surface area contributed by atoms with Crippen LogP contribution >= 0.6 is 23.4 Å². The Morgan fingerprint density at radius 2 is 1.82 bits per heavy atom. The maximum Gasteiger partial charge on any atom is 0.573 e. The highest BCUT2D eigenvalue weighted by Crippen LogP contribution is 2.36. The average Bonchev–Trinajstić information content (AvgIpc) is 3.16. The SMILES string of the molecule is CCOC(=O)C1(CSC)CN(C(=O)Nc2ccc(OC(F)(F)F)cc2)N=C1c1ccc(Cl)cc1. The molecule has 2 aromatic carbocycles. The zero-order valence-electron chi connectivity index (χ0n) is 18.2. The molecule has 1 heterocycles. The molecule has 2 amide bonds. The molecular weight excluding hydrogens is 495 g/mol. The summed E-state index contributed by atoms with van der Waals surface area (Å²) in [7, 11) is 0. The quantitative estimate of drug-likeness (QED) is 0.499. The summed E-state index contributed by atoms with van der Waals surface area (Å²) in [5.41, 5.74) is -0.0249. The molecule has 1 aliphatic heterocycles. The molecule has 0 aromatic heterocycles. The van der Waals surface area contributed by atoms with Crippen LogP contribution in [0.4, 0.5) is 23.7 Å². The number of hydrogen-bond acceptors (Lipinski definition) is 6. The predicted octanol–water partition coefficient (Wildman–Crippen LogP) is 5.40. The Balaban J connectivity index is 1.88. The van der Waals surface area contributed by atoms with Gasteiger partial charge in [0.25, 0.3) is 0 Å². The van der Waals surface area contributed by atoms with Crippen LogP contribution in [0, 0.1) is 5.41 Å². The van der Waals surface area contributed by atoms with Gasteiger partial charge in [0.05, 0.1) is 18.9 Å². The molecule has 0 saturated heterocycles. The van der Waals surface area contributed by atoms with Crippen molar-refractivity contribution in [2.24, 2.45) is 10.5 Å². The van der Waals surface area contributed by atoms with E-state index in [-0.39, 0.29) is 18.8 Å². The highest BCUT2D eigenvalue weighted by molar-refractivity contribution is 7.98. The van der Waals surface area contributed by atoms with Crippen molar-refractivity contribution in [3.8, 4) is 5.75 Å². The number of halogens is 4. The number of hydrogen-bond donors (Lipinski definition) is 1. The van der Waals surface area contributed by atoms with Crippen LogP contribution in [0.15, 0.2) is 53.6 Å². The van der Waals surface area contributed by atoms with Crippen LogP contribution in [0.1, 0.15) is 12.5 Å². The first kappa shape index (κ1) is 25.7. The van der Waals surface area contributed by atoms with E-state index in [1.807, 2.05) is 6.26 Å². The number of anilines is 1. The van der Waals surface area contributed by atoms with Gasteiger partial charge in [0.15, 0.2) is 0 Å². The summed E-state index contributed by atoms with van der Waals surface area (Å²) in [6.45, 7) is 1.77. The molecule has 1 aliphatic rings. The first-order valence-electron chi connectivity index (χ1n) is 10.0. The Morgan fingerprint density at radius 3 is 2.38 bits per heavy atom. The highest BCUT2D eigenvalue weighted by Gasteiger charge is 2.52. The van der Waals surface area contributed by atoms with E-state index in [1.165, 1.54) is 23.9 Å². The van der Waals surface area contributed by atoms with Gasteiger partial charge in [0.2, 0.25) is 0 Å². The average molecular weight is 516 g/mol. The topological polar surface area (TPSA) is 80.2 Å². The normalized spacial score (nSPS) is 17.8. The lowest BCUT2D eigenvalue weighted by Gasteiger charge is -2.27. The monoisotopic (exact) mass is 515 g/mol. The minimum absolute atomic E-state index is 0.0776. The zero-order valence-corrected chi connectivity index (χ0v) is 19.8. The molecule has 34 heavy (non-hydrogen) atoms. The van der Waals surface area contributed by atoms with Crippen LogP contribution in [-0.4, -0.2) is 54.2 Å². The van der Waals surface area contributed by atoms with Crippen molar-refractivity contribution in [2.45, 2.75) is 13.3 Å². The fourth-order valence-corrected chi connectivity index (χ4v) is 4.38. The maximum atomic E-state index is 13.1. The summed E-state index contributed by atoms with van der Waals surface area (Å²) in [5.74, 6) is -0.626. The van der Waals surface area contributed by atoms with Gasteiger partial charge in [-0.25, -0.2) is 9.80 Å². The van der Waals surface area contributed by atoms with Crippen molar-refractivity contribution in [3.63, 3.8) is 0 Å². The minimum atomic E-state index is -4.82. The van der Waals surface area contributed by atoms with Crippen LogP contribution in [-0.2, 0) is 9.53 Å². The van der Waals surface area contributed by atoms with E-state index in [0.717, 1.165) is 17.1 Å². The standard InChI is InChI=1S/C22H21ClF3N3O4S/c1-3-32-19(30)21(13-34-2)12-29(28-18(21)14-4-6-15(23)7-5-14)20(31)27-16-8-10-17(11-9-16)33-22(24,25)26/h4-11H,3,12-13H2,1-2H3,(H,27,31). The van der Waals surface area contributed by atoms with Crippen LogP contribution in [0.5, 0.6) is 5.75 Å². The third-order valence-corrected chi connectivity index (χ3v) is 5.88. The van der Waals surface area contributed by atoms with Crippen LogP contribution in [0.2, 0.25) is 5.02 Å². The maximum absolute atomic E-state index is 13.1. The molecule has 0 fully saturated rings. The molecule has 0 bridgehead atoms. The molecule has 1 N–H and O–H groups in total. The van der Waals surface area contributed by atoms with E-state index in [2.05, 4.69) is 15.2 Å². The Bertz CT molecular complexity index is 1060. The first-order chi connectivity index (χ1) is 16.1. The number of thioether (sulfide) groups is 1. The molecule has 1 atom stereocenters. The second-order valence-corrected chi connectivity index (χ2v) is 8.55. The lowest BCUT2D eigenvalue weighted by molar-refractivity contribution is -0.274. The first-order valence-corrected chi connectivity index (χ1v) is 11.8. The van der Waals surface area contributed by atoms with E-state index < -0.39 is 29.5 Å². The van der Waals surface area contributed by atoms with Crippen LogP contribution < -0.4 is 10.1 Å². The van der Waals surface area contributed by atoms with Gasteiger partial charge >= 0.3 is 18.4 Å². The molecule has 12 heteroatoms. The van der Waals surface area contributed by atoms with Crippen LogP contribution in [0.3, 0.4) is 0 Å². The summed E-state index contributed by atoms with van der Waals surface area (Å²) in [6.07, 6.45) is -2.99. The zero-order chi connectivity index (χ0) is 24.9. The molecule has 0 aliphatic carbocycles. The number of alkyl halides is 3. The summed E-state index contributed by atoms with van der Waals surface area (Å²) in [5, 5.41) is 8.61. The van der Waals surface area contributed by atoms with Crippen molar-refractivity contribution < 1.29 is 32.2 Å². The number of ether oxygens (including phenoxy) is 2. The number of rotatable bonds is 7. The molecule has 0 saturated carbocycles. The number of hydrazone groups is 1. The number of urea groups is 1. The lowest BCUT2D eigenvalue weighted by Crippen LogP contribution is -2.46. The number of carbonyl (C=O) groups is 2. The van der Waals surface area contributed by atoms with E-state index in [0.29, 0.717) is 22.1 Å². The Hall–Kier alpha value is -2.92. The largest absolute Gasteiger partial charge is 0.573 e. The van der Waals surface area contributed by atoms with Gasteiger partial charge in [0, 0.05) is 16.5 Å². The van der Waals surface area contributed by atoms with E-state index in [9.17, 15) is 22.8 Å². The van der Waals surface area contributed by atoms with E-state index in [4.69, 9.17) is 16.3 Å². The molecule has 182 valence electrons. The molecular formula is C22H21ClF3N3O4S. The molecule has 0 spiro atoms. The van der Waals surface area contributed by atoms with Gasteiger partial charge in [-0.15, -0.1) is 13.2 Å². The summed E-state index contributed by atoms with van der Waals surface area (Å²) in [4.78, 5) is 26.0. The third kappa shape index (κ3) is 5.95. The smallest absolute Gasteiger partial charge is 0.465 e. The fourth-order valence-electron chi connectivity index (χ4n) is 3.42. The second-order valence-electron chi connectivity index (χ2n) is 7.25. The van der Waals surface area contributed by atoms with E-state index in [1.54, 1.807) is 31.2 Å². The van der Waals surface area contributed by atoms with Crippen molar-refractivity contribution in [2.75, 3.05) is 30.5 Å². The summed E-state index contributed by atoms with van der Waals surface area (Å²) >= 11 is 7.40. The Kier molecular flexibility index (Phi) is 7.98. The summed E-state index contributed by atoms with van der Waals surface area (Å²) < 4.78 is 46.2. The van der Waals surface area contributed by atoms with Crippen LogP contribution in [0.25, 0.3) is 0 Å². The van der Waals surface area contributed by atoms with Gasteiger partial charge in [-0.2, -0.15) is 16.9 Å². The highest BCUT2D eigenvalue weighted by atomic mass is 35.5. The van der Waals surface area contributed by atoms with Gasteiger partial charge in [-0.05, 0) is 55.1 Å². The molecule has 7 nitrogen and oxygen atoms in total. The number of nitrogens with one attached hydrogen (secondary N) is 1. The molecule has 0 radical (unpaired) electrons. The van der Waals surface area contributed by atoms with Gasteiger partial charge in [0.1, 0.15) is 11.2 Å². The van der Waals surface area contributed by atoms with Gasteiger partial charge < -0.3 is 14.8 Å². The van der Waals surface area contributed by atoms with E-state index >= 15 is 0 Å². The Morgan fingerprint density at radius 1 is 1.18 bits per heavy atom. The van der Waals surface area contributed by atoms with Crippen molar-refractivity contribution in [1.82, 2.24) is 5.01 Å².